The number of aromatic nitrogens is 3. The highest BCUT2D eigenvalue weighted by Crippen LogP contribution is 2.27. The van der Waals surface area contributed by atoms with Gasteiger partial charge in [0.2, 0.25) is 5.91 Å². The molecule has 4 heterocycles. The molecular weight excluding hydrogens is 308 g/mol. The lowest BCUT2D eigenvalue weighted by Gasteiger charge is -2.32. The molecule has 0 saturated carbocycles. The van der Waals surface area contributed by atoms with E-state index in [0.29, 0.717) is 32.1 Å². The van der Waals surface area contributed by atoms with Gasteiger partial charge >= 0.3 is 6.03 Å². The van der Waals surface area contributed by atoms with Gasteiger partial charge in [0.1, 0.15) is 12.4 Å². The van der Waals surface area contributed by atoms with Crippen LogP contribution in [0.3, 0.4) is 0 Å². The summed E-state index contributed by atoms with van der Waals surface area (Å²) in [7, 11) is 0. The van der Waals surface area contributed by atoms with Crippen LogP contribution in [0, 0.1) is 0 Å². The fourth-order valence-corrected chi connectivity index (χ4v) is 3.45. The molecule has 0 atom stereocenters. The number of likely N-dealkylation sites (tertiary alicyclic amines) is 1. The maximum atomic E-state index is 12.4. The zero-order valence-corrected chi connectivity index (χ0v) is 13.4. The molecule has 0 aliphatic carbocycles. The minimum atomic E-state index is -0.145. The number of carbonyl (C=O) groups is 2. The van der Waals surface area contributed by atoms with Gasteiger partial charge in [-0.1, -0.05) is 6.07 Å². The van der Waals surface area contributed by atoms with Crippen LogP contribution in [0.15, 0.2) is 24.4 Å². The second-order valence-corrected chi connectivity index (χ2v) is 6.30. The van der Waals surface area contributed by atoms with E-state index in [-0.39, 0.29) is 18.5 Å². The first-order chi connectivity index (χ1) is 11.7. The largest absolute Gasteiger partial charge is 0.341 e. The summed E-state index contributed by atoms with van der Waals surface area (Å²) in [6, 6.07) is 5.72. The summed E-state index contributed by atoms with van der Waals surface area (Å²) in [6.07, 6.45) is 3.72. The molecule has 0 bridgehead atoms. The van der Waals surface area contributed by atoms with Crippen molar-refractivity contribution in [2.45, 2.75) is 18.8 Å². The monoisotopic (exact) mass is 328 g/mol. The van der Waals surface area contributed by atoms with Crippen LogP contribution in [0.2, 0.25) is 0 Å². The van der Waals surface area contributed by atoms with Crippen LogP contribution in [-0.4, -0.2) is 69.1 Å². The van der Waals surface area contributed by atoms with Gasteiger partial charge in [0.15, 0.2) is 5.65 Å². The topological polar surface area (TPSA) is 82.8 Å². The van der Waals surface area contributed by atoms with Crippen LogP contribution in [0.25, 0.3) is 5.65 Å². The number of nitrogens with one attached hydrogen (secondary N) is 1. The molecule has 24 heavy (non-hydrogen) atoms. The number of rotatable bonds is 3. The van der Waals surface area contributed by atoms with Gasteiger partial charge in [-0.25, -0.2) is 4.79 Å². The smallest absolute Gasteiger partial charge is 0.317 e. The number of piperidine rings is 1. The van der Waals surface area contributed by atoms with Crippen LogP contribution in [-0.2, 0) is 4.79 Å². The summed E-state index contributed by atoms with van der Waals surface area (Å²) in [5.41, 5.74) is 0.853. The van der Waals surface area contributed by atoms with Crippen LogP contribution < -0.4 is 5.32 Å². The number of hydrogen-bond acceptors (Lipinski definition) is 4. The highest BCUT2D eigenvalue weighted by atomic mass is 16.2. The molecule has 2 aliphatic heterocycles. The van der Waals surface area contributed by atoms with Crippen molar-refractivity contribution in [1.82, 2.24) is 29.7 Å². The maximum Gasteiger partial charge on any atom is 0.317 e. The Bertz CT molecular complexity index is 765. The van der Waals surface area contributed by atoms with Gasteiger partial charge in [-0.05, 0) is 25.0 Å². The third-order valence-corrected chi connectivity index (χ3v) is 4.82. The molecule has 0 radical (unpaired) electrons. The molecule has 2 aliphatic rings. The van der Waals surface area contributed by atoms with Crippen molar-refractivity contribution in [1.29, 1.82) is 0 Å². The van der Waals surface area contributed by atoms with Crippen molar-refractivity contribution in [3.05, 3.63) is 30.2 Å². The third-order valence-electron chi connectivity index (χ3n) is 4.82. The Hall–Kier alpha value is -2.64. The first-order valence-electron chi connectivity index (χ1n) is 8.32. The Labute approximate surface area is 139 Å². The number of pyridine rings is 1. The second kappa shape index (κ2) is 6.10. The SMILES string of the molecule is O=C(CN1CCNC1=O)N1CCC(c2nnc3ccccn23)CC1. The van der Waals surface area contributed by atoms with E-state index in [2.05, 4.69) is 15.5 Å². The van der Waals surface area contributed by atoms with Gasteiger partial charge < -0.3 is 15.1 Å². The van der Waals surface area contributed by atoms with E-state index in [1.807, 2.05) is 33.7 Å². The normalized spacial score (nSPS) is 19.1. The Morgan fingerprint density at radius 2 is 2.04 bits per heavy atom. The first kappa shape index (κ1) is 14.9. The van der Waals surface area contributed by atoms with E-state index in [1.165, 1.54) is 0 Å². The molecule has 4 rings (SSSR count). The van der Waals surface area contributed by atoms with Crippen LogP contribution in [0.1, 0.15) is 24.6 Å². The van der Waals surface area contributed by atoms with Gasteiger partial charge in [0.05, 0.1) is 0 Å². The predicted octanol–water partition coefficient (Wildman–Crippen LogP) is 0.460. The third kappa shape index (κ3) is 2.68. The standard InChI is InChI=1S/C16H20N6O2/c23-14(11-21-10-6-17-16(21)24)20-8-4-12(5-9-20)15-19-18-13-3-1-2-7-22(13)15/h1-3,7,12H,4-6,8-11H2,(H,17,24). The quantitative estimate of drug-likeness (QED) is 0.887. The Kier molecular flexibility index (Phi) is 3.79. The van der Waals surface area contributed by atoms with Crippen molar-refractivity contribution in [3.8, 4) is 0 Å². The highest BCUT2D eigenvalue weighted by Gasteiger charge is 2.29. The van der Waals surface area contributed by atoms with Crippen molar-refractivity contribution in [2.24, 2.45) is 0 Å². The Balaban J connectivity index is 1.38. The second-order valence-electron chi connectivity index (χ2n) is 6.30. The van der Waals surface area contributed by atoms with Crippen molar-refractivity contribution in [3.63, 3.8) is 0 Å². The zero-order chi connectivity index (χ0) is 16.5. The number of urea groups is 1. The summed E-state index contributed by atoms with van der Waals surface area (Å²) in [4.78, 5) is 27.3. The van der Waals surface area contributed by atoms with E-state index < -0.39 is 0 Å². The van der Waals surface area contributed by atoms with Crippen LogP contribution in [0.4, 0.5) is 4.79 Å². The predicted molar refractivity (Wildman–Crippen MR) is 86.5 cm³/mol. The van der Waals surface area contributed by atoms with Crippen molar-refractivity contribution in [2.75, 3.05) is 32.7 Å². The minimum Gasteiger partial charge on any atom is -0.341 e. The summed E-state index contributed by atoms with van der Waals surface area (Å²) in [5, 5.41) is 11.3. The van der Waals surface area contributed by atoms with Gasteiger partial charge in [0, 0.05) is 38.3 Å². The summed E-state index contributed by atoms with van der Waals surface area (Å²) < 4.78 is 2.02. The van der Waals surface area contributed by atoms with Gasteiger partial charge in [0.25, 0.3) is 0 Å². The van der Waals surface area contributed by atoms with E-state index in [0.717, 1.165) is 24.3 Å². The molecule has 8 nitrogen and oxygen atoms in total. The molecular formula is C16H20N6O2. The first-order valence-corrected chi connectivity index (χ1v) is 8.32. The highest BCUT2D eigenvalue weighted by molar-refractivity contribution is 5.85. The number of fused-ring (bicyclic) bond motifs is 1. The fraction of sp³-hybridized carbons (Fsp3) is 0.500. The van der Waals surface area contributed by atoms with Crippen molar-refractivity contribution < 1.29 is 9.59 Å². The molecule has 3 amide bonds. The molecule has 0 unspecified atom stereocenters. The lowest BCUT2D eigenvalue weighted by molar-refractivity contribution is -0.132. The summed E-state index contributed by atoms with van der Waals surface area (Å²) in [5.74, 6) is 1.30. The van der Waals surface area contributed by atoms with E-state index >= 15 is 0 Å². The number of carbonyl (C=O) groups excluding carboxylic acids is 2. The molecule has 2 aromatic rings. The van der Waals surface area contributed by atoms with Crippen LogP contribution >= 0.6 is 0 Å². The molecule has 2 fully saturated rings. The molecule has 1 N–H and O–H groups in total. The summed E-state index contributed by atoms with van der Waals surface area (Å²) in [6.45, 7) is 2.78. The van der Waals surface area contributed by atoms with E-state index in [4.69, 9.17) is 0 Å². The van der Waals surface area contributed by atoms with Gasteiger partial charge in [-0.3, -0.25) is 9.20 Å². The lowest BCUT2D eigenvalue weighted by Crippen LogP contribution is -2.44. The van der Waals surface area contributed by atoms with E-state index in [1.54, 1.807) is 4.90 Å². The average Bonchev–Trinajstić information content (AvgIpc) is 3.21. The fourth-order valence-electron chi connectivity index (χ4n) is 3.45. The molecule has 2 aromatic heterocycles. The Morgan fingerprint density at radius 3 is 2.79 bits per heavy atom. The number of hydrogen-bond donors (Lipinski definition) is 1. The molecule has 0 spiro atoms. The lowest BCUT2D eigenvalue weighted by atomic mass is 9.96. The van der Waals surface area contributed by atoms with Gasteiger partial charge in [-0.2, -0.15) is 0 Å². The van der Waals surface area contributed by atoms with Gasteiger partial charge in [-0.15, -0.1) is 10.2 Å². The Morgan fingerprint density at radius 1 is 1.21 bits per heavy atom. The molecule has 8 heteroatoms. The molecule has 0 aromatic carbocycles. The molecule has 2 saturated heterocycles. The number of nitrogens with zero attached hydrogens (tertiary/aromatic N) is 5. The summed E-state index contributed by atoms with van der Waals surface area (Å²) >= 11 is 0. The average molecular weight is 328 g/mol. The van der Waals surface area contributed by atoms with E-state index in [9.17, 15) is 9.59 Å². The zero-order valence-electron chi connectivity index (χ0n) is 13.4. The van der Waals surface area contributed by atoms with Crippen LogP contribution in [0.5, 0.6) is 0 Å². The number of amides is 3. The minimum absolute atomic E-state index is 0.0246. The van der Waals surface area contributed by atoms with Crippen molar-refractivity contribution >= 4 is 17.6 Å². The molecule has 126 valence electrons. The maximum absolute atomic E-state index is 12.4.